The van der Waals surface area contributed by atoms with E-state index in [0.717, 1.165) is 10.6 Å². The molecule has 0 aliphatic carbocycles. The number of phenolic OH excluding ortho intramolecular Hbond substituents is 2. The largest absolute Gasteiger partial charge is 0.506 e. The van der Waals surface area contributed by atoms with Gasteiger partial charge in [-0.3, -0.25) is 14.1 Å². The zero-order valence-electron chi connectivity index (χ0n) is 16.1. The van der Waals surface area contributed by atoms with Gasteiger partial charge in [0.2, 0.25) is 10.0 Å². The molecule has 8 nitrogen and oxygen atoms in total. The van der Waals surface area contributed by atoms with Crippen molar-refractivity contribution in [3.05, 3.63) is 58.2 Å². The van der Waals surface area contributed by atoms with E-state index >= 15 is 0 Å². The molecule has 0 atom stereocenters. The SMILES string of the molecule is CN(c1c2c(c(O)c3ncccc13)C(=O)N(Cc1cccc(Cl)c1O)C2)S(C)(=O)=O. The van der Waals surface area contributed by atoms with Crippen molar-refractivity contribution in [3.8, 4) is 11.5 Å². The smallest absolute Gasteiger partial charge is 0.258 e. The predicted molar refractivity (Wildman–Crippen MR) is 113 cm³/mol. The van der Waals surface area contributed by atoms with E-state index in [9.17, 15) is 23.4 Å². The number of carbonyl (C=O) groups excluding carboxylic acids is 1. The Morgan fingerprint density at radius 1 is 1.20 bits per heavy atom. The fourth-order valence-corrected chi connectivity index (χ4v) is 4.41. The molecule has 0 spiro atoms. The lowest BCUT2D eigenvalue weighted by Crippen LogP contribution is -2.26. The number of sulfonamides is 1. The van der Waals surface area contributed by atoms with Crippen LogP contribution in [0.3, 0.4) is 0 Å². The van der Waals surface area contributed by atoms with E-state index in [1.54, 1.807) is 24.3 Å². The molecule has 2 aromatic carbocycles. The van der Waals surface area contributed by atoms with Crippen molar-refractivity contribution >= 4 is 44.1 Å². The van der Waals surface area contributed by atoms with Gasteiger partial charge in [0.25, 0.3) is 5.91 Å². The maximum atomic E-state index is 13.1. The number of anilines is 1. The molecule has 30 heavy (non-hydrogen) atoms. The lowest BCUT2D eigenvalue weighted by Gasteiger charge is -2.22. The molecular weight excluding hydrogens is 430 g/mol. The number of rotatable bonds is 4. The van der Waals surface area contributed by atoms with Crippen molar-refractivity contribution in [1.82, 2.24) is 9.88 Å². The Hall–Kier alpha value is -3.04. The van der Waals surface area contributed by atoms with Crippen LogP contribution in [0.4, 0.5) is 5.69 Å². The van der Waals surface area contributed by atoms with Gasteiger partial charge in [-0.1, -0.05) is 23.7 Å². The maximum Gasteiger partial charge on any atom is 0.258 e. The highest BCUT2D eigenvalue weighted by Gasteiger charge is 2.37. The van der Waals surface area contributed by atoms with Gasteiger partial charge in [0.15, 0.2) is 5.75 Å². The molecule has 10 heteroatoms. The van der Waals surface area contributed by atoms with Crippen LogP contribution >= 0.6 is 11.6 Å². The monoisotopic (exact) mass is 447 g/mol. The van der Waals surface area contributed by atoms with Crippen LogP contribution < -0.4 is 4.31 Å². The highest BCUT2D eigenvalue weighted by atomic mass is 35.5. The molecule has 156 valence electrons. The number of carbonyl (C=O) groups is 1. The van der Waals surface area contributed by atoms with Crippen molar-refractivity contribution in [2.75, 3.05) is 17.6 Å². The lowest BCUT2D eigenvalue weighted by atomic mass is 10.0. The minimum atomic E-state index is -3.65. The molecule has 0 bridgehead atoms. The first-order valence-corrected chi connectivity index (χ1v) is 11.2. The van der Waals surface area contributed by atoms with Gasteiger partial charge in [-0.05, 0) is 18.2 Å². The number of hydrogen-bond donors (Lipinski definition) is 2. The molecule has 0 saturated heterocycles. The average Bonchev–Trinajstić information content (AvgIpc) is 3.01. The number of halogens is 1. The Kier molecular flexibility index (Phi) is 4.74. The van der Waals surface area contributed by atoms with Crippen molar-refractivity contribution in [2.45, 2.75) is 13.1 Å². The summed E-state index contributed by atoms with van der Waals surface area (Å²) in [5.41, 5.74) is 1.26. The molecule has 0 fully saturated rings. The number of nitrogens with zero attached hydrogens (tertiary/aromatic N) is 3. The minimum absolute atomic E-state index is 0.00761. The first-order valence-electron chi connectivity index (χ1n) is 8.93. The molecule has 4 rings (SSSR count). The molecule has 0 unspecified atom stereocenters. The summed E-state index contributed by atoms with van der Waals surface area (Å²) < 4.78 is 25.7. The zero-order valence-corrected chi connectivity index (χ0v) is 17.7. The summed E-state index contributed by atoms with van der Waals surface area (Å²) in [6, 6.07) is 8.11. The highest BCUT2D eigenvalue weighted by molar-refractivity contribution is 7.92. The Balaban J connectivity index is 1.90. The number of phenols is 2. The number of amides is 1. The van der Waals surface area contributed by atoms with E-state index in [4.69, 9.17) is 11.6 Å². The third-order valence-electron chi connectivity index (χ3n) is 5.21. The summed E-state index contributed by atoms with van der Waals surface area (Å²) in [7, 11) is -2.26. The minimum Gasteiger partial charge on any atom is -0.506 e. The van der Waals surface area contributed by atoms with Gasteiger partial charge in [0, 0.05) is 36.3 Å². The normalized spacial score (nSPS) is 13.7. The van der Waals surface area contributed by atoms with E-state index in [-0.39, 0.29) is 40.7 Å². The maximum absolute atomic E-state index is 13.1. The number of aromatic nitrogens is 1. The van der Waals surface area contributed by atoms with Crippen LogP contribution in [0.5, 0.6) is 11.5 Å². The number of para-hydroxylation sites is 1. The molecule has 2 N–H and O–H groups in total. The zero-order chi connectivity index (χ0) is 21.8. The molecule has 1 aromatic heterocycles. The Labute approximate surface area is 178 Å². The van der Waals surface area contributed by atoms with E-state index in [1.165, 1.54) is 24.2 Å². The summed E-state index contributed by atoms with van der Waals surface area (Å²) in [6.07, 6.45) is 2.52. The van der Waals surface area contributed by atoms with Crippen molar-refractivity contribution < 1.29 is 23.4 Å². The van der Waals surface area contributed by atoms with Crippen LogP contribution in [-0.2, 0) is 23.1 Å². The van der Waals surface area contributed by atoms with Gasteiger partial charge in [-0.25, -0.2) is 8.42 Å². The standard InChI is InChI=1S/C20H18ClN3O5S/c1-23(30(2,28)29)17-12-6-4-8-22-16(12)19(26)15-13(17)10-24(20(15)27)9-11-5-3-7-14(21)18(11)25/h3-8,25-26H,9-10H2,1-2H3. The second-order valence-corrected chi connectivity index (χ2v) is 9.51. The molecule has 1 amide bonds. The summed E-state index contributed by atoms with van der Waals surface area (Å²) in [6.45, 7) is 0.0822. The van der Waals surface area contributed by atoms with Gasteiger partial charge in [-0.2, -0.15) is 0 Å². The fraction of sp³-hybridized carbons (Fsp3) is 0.200. The third kappa shape index (κ3) is 3.10. The van der Waals surface area contributed by atoms with Crippen molar-refractivity contribution in [3.63, 3.8) is 0 Å². The van der Waals surface area contributed by atoms with Crippen LogP contribution in [0.1, 0.15) is 21.5 Å². The van der Waals surface area contributed by atoms with Gasteiger partial charge < -0.3 is 15.1 Å². The van der Waals surface area contributed by atoms with E-state index < -0.39 is 15.9 Å². The Bertz CT molecular complexity index is 1310. The first-order chi connectivity index (χ1) is 14.1. The van der Waals surface area contributed by atoms with Crippen molar-refractivity contribution in [1.29, 1.82) is 0 Å². The highest BCUT2D eigenvalue weighted by Crippen LogP contribution is 2.44. The molecule has 1 aliphatic heterocycles. The number of fused-ring (bicyclic) bond motifs is 2. The summed E-state index contributed by atoms with van der Waals surface area (Å²) >= 11 is 5.96. The molecule has 1 aliphatic rings. The number of pyridine rings is 1. The third-order valence-corrected chi connectivity index (χ3v) is 6.69. The van der Waals surface area contributed by atoms with Gasteiger partial charge in [0.1, 0.15) is 11.3 Å². The molecule has 2 heterocycles. The van der Waals surface area contributed by atoms with Crippen LogP contribution in [-0.4, -0.2) is 47.7 Å². The molecule has 3 aromatic rings. The van der Waals surface area contributed by atoms with Gasteiger partial charge >= 0.3 is 0 Å². The summed E-state index contributed by atoms with van der Waals surface area (Å²) in [4.78, 5) is 18.7. The Morgan fingerprint density at radius 3 is 2.63 bits per heavy atom. The molecule has 0 radical (unpaired) electrons. The topological polar surface area (TPSA) is 111 Å². The molecular formula is C20H18ClN3O5S. The van der Waals surface area contributed by atoms with Crippen LogP contribution in [0.2, 0.25) is 5.02 Å². The fourth-order valence-electron chi connectivity index (χ4n) is 3.68. The van der Waals surface area contributed by atoms with E-state index in [0.29, 0.717) is 22.2 Å². The lowest BCUT2D eigenvalue weighted by molar-refractivity contribution is 0.0764. The summed E-state index contributed by atoms with van der Waals surface area (Å²) in [5, 5.41) is 21.6. The van der Waals surface area contributed by atoms with Crippen LogP contribution in [0.15, 0.2) is 36.5 Å². The van der Waals surface area contributed by atoms with E-state index in [2.05, 4.69) is 4.98 Å². The second kappa shape index (κ2) is 7.03. The Morgan fingerprint density at radius 2 is 1.93 bits per heavy atom. The summed E-state index contributed by atoms with van der Waals surface area (Å²) in [5.74, 6) is -0.918. The average molecular weight is 448 g/mol. The predicted octanol–water partition coefficient (Wildman–Crippen LogP) is 2.85. The van der Waals surface area contributed by atoms with Gasteiger partial charge in [0.05, 0.1) is 29.1 Å². The number of benzene rings is 2. The first kappa shape index (κ1) is 20.2. The number of hydrogen-bond acceptors (Lipinski definition) is 6. The van der Waals surface area contributed by atoms with Crippen LogP contribution in [0, 0.1) is 0 Å². The second-order valence-electron chi connectivity index (χ2n) is 7.09. The molecule has 0 saturated carbocycles. The number of aromatic hydroxyl groups is 2. The van der Waals surface area contributed by atoms with E-state index in [1.807, 2.05) is 0 Å². The van der Waals surface area contributed by atoms with Gasteiger partial charge in [-0.15, -0.1) is 0 Å². The van der Waals surface area contributed by atoms with Crippen molar-refractivity contribution in [2.24, 2.45) is 0 Å². The quantitative estimate of drug-likeness (QED) is 0.636. The van der Waals surface area contributed by atoms with Crippen LogP contribution in [0.25, 0.3) is 10.9 Å².